The molecule has 1 aromatic carbocycles. The Morgan fingerprint density at radius 2 is 2.40 bits per heavy atom. The second kappa shape index (κ2) is 7.21. The zero-order valence-corrected chi connectivity index (χ0v) is 11.4. The predicted octanol–water partition coefficient (Wildman–Crippen LogP) is 1.54. The van der Waals surface area contributed by atoms with Crippen LogP contribution < -0.4 is 15.4 Å². The maximum Gasteiger partial charge on any atom is 0.238 e. The third-order valence-electron chi connectivity index (χ3n) is 3.00. The lowest BCUT2D eigenvalue weighted by atomic mass is 10.2. The van der Waals surface area contributed by atoms with Crippen molar-refractivity contribution in [2.45, 2.75) is 18.9 Å². The summed E-state index contributed by atoms with van der Waals surface area (Å²) in [6, 6.07) is 4.07. The van der Waals surface area contributed by atoms with Crippen molar-refractivity contribution < 1.29 is 18.7 Å². The molecule has 6 heteroatoms. The van der Waals surface area contributed by atoms with Crippen LogP contribution in [0.4, 0.5) is 10.1 Å². The van der Waals surface area contributed by atoms with Crippen molar-refractivity contribution in [2.75, 3.05) is 32.1 Å². The number of nitrogens with one attached hydrogen (secondary N) is 2. The van der Waals surface area contributed by atoms with Crippen molar-refractivity contribution >= 4 is 11.6 Å². The quantitative estimate of drug-likeness (QED) is 0.831. The predicted molar refractivity (Wildman–Crippen MR) is 73.4 cm³/mol. The Morgan fingerprint density at radius 1 is 1.55 bits per heavy atom. The highest BCUT2D eigenvalue weighted by Gasteiger charge is 2.17. The van der Waals surface area contributed by atoms with Crippen LogP contribution in [0.25, 0.3) is 0 Å². The molecule has 1 atom stereocenters. The summed E-state index contributed by atoms with van der Waals surface area (Å²) in [6.07, 6.45) is 2.06. The molecule has 0 aromatic heterocycles. The molecule has 1 aliphatic heterocycles. The first-order valence-corrected chi connectivity index (χ1v) is 6.67. The molecule has 1 aliphatic rings. The maximum absolute atomic E-state index is 13.3. The van der Waals surface area contributed by atoms with E-state index in [0.717, 1.165) is 19.4 Å². The second-order valence-corrected chi connectivity index (χ2v) is 4.67. The van der Waals surface area contributed by atoms with Gasteiger partial charge in [-0.3, -0.25) is 4.79 Å². The molecule has 2 N–H and O–H groups in total. The number of likely N-dealkylation sites (N-methyl/N-ethyl adjacent to an activating group) is 1. The normalized spacial score (nSPS) is 18.0. The summed E-state index contributed by atoms with van der Waals surface area (Å²) < 4.78 is 24.4. The highest BCUT2D eigenvalue weighted by molar-refractivity contribution is 5.93. The van der Waals surface area contributed by atoms with E-state index in [4.69, 9.17) is 9.47 Å². The van der Waals surface area contributed by atoms with E-state index in [2.05, 4.69) is 10.6 Å². The summed E-state index contributed by atoms with van der Waals surface area (Å²) in [5.74, 6) is -0.222. The molecule has 0 radical (unpaired) electrons. The Morgan fingerprint density at radius 3 is 3.10 bits per heavy atom. The summed E-state index contributed by atoms with van der Waals surface area (Å²) in [5, 5.41) is 5.35. The highest BCUT2D eigenvalue weighted by atomic mass is 19.1. The highest BCUT2D eigenvalue weighted by Crippen LogP contribution is 2.26. The van der Waals surface area contributed by atoms with Crippen molar-refractivity contribution in [1.82, 2.24) is 5.32 Å². The molecule has 0 aliphatic carbocycles. The maximum atomic E-state index is 13.3. The molecule has 20 heavy (non-hydrogen) atoms. The number of carbonyl (C=O) groups is 1. The third-order valence-corrected chi connectivity index (χ3v) is 3.00. The van der Waals surface area contributed by atoms with Crippen molar-refractivity contribution in [3.05, 3.63) is 24.0 Å². The minimum atomic E-state index is -0.422. The van der Waals surface area contributed by atoms with Crippen molar-refractivity contribution in [1.29, 1.82) is 0 Å². The number of hydrogen-bond donors (Lipinski definition) is 2. The molecule has 5 nitrogen and oxygen atoms in total. The molecule has 0 saturated carbocycles. The van der Waals surface area contributed by atoms with Gasteiger partial charge in [-0.25, -0.2) is 4.39 Å². The first-order valence-electron chi connectivity index (χ1n) is 6.67. The minimum absolute atomic E-state index is 0.0703. The van der Waals surface area contributed by atoms with Crippen molar-refractivity contribution in [3.8, 4) is 5.75 Å². The van der Waals surface area contributed by atoms with Crippen LogP contribution in [0.1, 0.15) is 12.8 Å². The molecule has 1 heterocycles. The van der Waals surface area contributed by atoms with Gasteiger partial charge in [0.15, 0.2) is 0 Å². The molecular formula is C14H19FN2O3. The fourth-order valence-corrected chi connectivity index (χ4v) is 2.04. The molecule has 1 aromatic rings. The summed E-state index contributed by atoms with van der Waals surface area (Å²) >= 11 is 0. The van der Waals surface area contributed by atoms with Crippen LogP contribution in [0.15, 0.2) is 18.2 Å². The van der Waals surface area contributed by atoms with Crippen LogP contribution in [0, 0.1) is 5.82 Å². The molecule has 1 unspecified atom stereocenters. The van der Waals surface area contributed by atoms with Gasteiger partial charge in [-0.05, 0) is 32.0 Å². The van der Waals surface area contributed by atoms with E-state index in [1.807, 2.05) is 0 Å². The first kappa shape index (κ1) is 14.7. The summed E-state index contributed by atoms with van der Waals surface area (Å²) in [7, 11) is 1.67. The third kappa shape index (κ3) is 4.18. The van der Waals surface area contributed by atoms with Crippen LogP contribution in [0.2, 0.25) is 0 Å². The lowest BCUT2D eigenvalue weighted by molar-refractivity contribution is -0.115. The number of anilines is 1. The Kier molecular flexibility index (Phi) is 5.31. The van der Waals surface area contributed by atoms with Crippen LogP contribution in [0.3, 0.4) is 0 Å². The van der Waals surface area contributed by atoms with Gasteiger partial charge in [0, 0.05) is 12.7 Å². The van der Waals surface area contributed by atoms with Crippen LogP contribution >= 0.6 is 0 Å². The van der Waals surface area contributed by atoms with Gasteiger partial charge in [0.1, 0.15) is 18.2 Å². The zero-order chi connectivity index (χ0) is 14.4. The summed E-state index contributed by atoms with van der Waals surface area (Å²) in [5.41, 5.74) is 0.336. The summed E-state index contributed by atoms with van der Waals surface area (Å²) in [4.78, 5) is 11.6. The molecule has 0 bridgehead atoms. The van der Waals surface area contributed by atoms with E-state index in [1.54, 1.807) is 7.05 Å². The standard InChI is InChI=1S/C14H19FN2O3/c1-16-8-14(18)17-12-7-10(15)4-5-13(12)20-9-11-3-2-6-19-11/h4-5,7,11,16H,2-3,6,8-9H2,1H3,(H,17,18). The first-order chi connectivity index (χ1) is 9.69. The average Bonchev–Trinajstić information content (AvgIpc) is 2.91. The number of amides is 1. The topological polar surface area (TPSA) is 59.6 Å². The van der Waals surface area contributed by atoms with Gasteiger partial charge in [0.25, 0.3) is 0 Å². The molecule has 1 saturated heterocycles. The van der Waals surface area contributed by atoms with Gasteiger partial charge in [-0.1, -0.05) is 0 Å². The number of carbonyl (C=O) groups excluding carboxylic acids is 1. The van der Waals surface area contributed by atoms with E-state index in [1.165, 1.54) is 18.2 Å². The Balaban J connectivity index is 2.00. The fourth-order valence-electron chi connectivity index (χ4n) is 2.04. The lowest BCUT2D eigenvalue weighted by Crippen LogP contribution is -2.25. The largest absolute Gasteiger partial charge is 0.489 e. The van der Waals surface area contributed by atoms with Crippen molar-refractivity contribution in [2.24, 2.45) is 0 Å². The van der Waals surface area contributed by atoms with Crippen LogP contribution in [-0.2, 0) is 9.53 Å². The van der Waals surface area contributed by atoms with Gasteiger partial charge < -0.3 is 20.1 Å². The van der Waals surface area contributed by atoms with E-state index in [9.17, 15) is 9.18 Å². The van der Waals surface area contributed by atoms with E-state index < -0.39 is 5.82 Å². The molecule has 1 amide bonds. The minimum Gasteiger partial charge on any atom is -0.489 e. The second-order valence-electron chi connectivity index (χ2n) is 4.67. The average molecular weight is 282 g/mol. The lowest BCUT2D eigenvalue weighted by Gasteiger charge is -2.15. The fraction of sp³-hybridized carbons (Fsp3) is 0.500. The number of hydrogen-bond acceptors (Lipinski definition) is 4. The van der Waals surface area contributed by atoms with E-state index in [0.29, 0.717) is 18.0 Å². The van der Waals surface area contributed by atoms with Gasteiger partial charge >= 0.3 is 0 Å². The van der Waals surface area contributed by atoms with Crippen molar-refractivity contribution in [3.63, 3.8) is 0 Å². The molecule has 110 valence electrons. The molecule has 1 fully saturated rings. The number of benzene rings is 1. The Labute approximate surface area is 117 Å². The van der Waals surface area contributed by atoms with Crippen LogP contribution in [0.5, 0.6) is 5.75 Å². The van der Waals surface area contributed by atoms with Gasteiger partial charge in [-0.15, -0.1) is 0 Å². The zero-order valence-electron chi connectivity index (χ0n) is 11.4. The number of rotatable bonds is 6. The monoisotopic (exact) mass is 282 g/mol. The number of halogens is 1. The Bertz CT molecular complexity index is 462. The Hall–Kier alpha value is -1.66. The van der Waals surface area contributed by atoms with Crippen LogP contribution in [-0.4, -0.2) is 38.8 Å². The number of ether oxygens (including phenoxy) is 2. The molecule has 0 spiro atoms. The van der Waals surface area contributed by atoms with E-state index in [-0.39, 0.29) is 18.6 Å². The van der Waals surface area contributed by atoms with Gasteiger partial charge in [0.05, 0.1) is 18.3 Å². The summed E-state index contributed by atoms with van der Waals surface area (Å²) in [6.45, 7) is 1.31. The molecule has 2 rings (SSSR count). The molecular weight excluding hydrogens is 263 g/mol. The smallest absolute Gasteiger partial charge is 0.238 e. The van der Waals surface area contributed by atoms with E-state index >= 15 is 0 Å². The van der Waals surface area contributed by atoms with Gasteiger partial charge in [-0.2, -0.15) is 0 Å². The van der Waals surface area contributed by atoms with Gasteiger partial charge in [0.2, 0.25) is 5.91 Å². The SMILES string of the molecule is CNCC(=O)Nc1cc(F)ccc1OCC1CCCO1.